The van der Waals surface area contributed by atoms with Gasteiger partial charge < -0.3 is 14.8 Å². The largest absolute Gasteiger partial charge is 0.479 e. The molecule has 5 heteroatoms. The topological polar surface area (TPSA) is 79.4 Å². The first-order chi connectivity index (χ1) is 11.5. The van der Waals surface area contributed by atoms with Crippen LogP contribution >= 0.6 is 0 Å². The SMILES string of the molecule is Cc1ccccc1-c1c[nH]c(=O)c2cc(O[C@@H](C)C(=O)O)ccc12. The van der Waals surface area contributed by atoms with Crippen molar-refractivity contribution in [3.05, 3.63) is 64.6 Å². The van der Waals surface area contributed by atoms with E-state index in [4.69, 9.17) is 9.84 Å². The Morgan fingerprint density at radius 2 is 1.88 bits per heavy atom. The molecule has 2 N–H and O–H groups in total. The summed E-state index contributed by atoms with van der Waals surface area (Å²) in [6.07, 6.45) is 0.717. The quantitative estimate of drug-likeness (QED) is 0.771. The maximum atomic E-state index is 12.2. The molecule has 0 saturated carbocycles. The van der Waals surface area contributed by atoms with E-state index in [9.17, 15) is 9.59 Å². The first-order valence-electron chi connectivity index (χ1n) is 7.58. The Bertz CT molecular complexity index is 975. The first kappa shape index (κ1) is 15.8. The number of benzene rings is 2. The molecule has 1 heterocycles. The molecule has 0 unspecified atom stereocenters. The number of fused-ring (bicyclic) bond motifs is 1. The van der Waals surface area contributed by atoms with E-state index >= 15 is 0 Å². The highest BCUT2D eigenvalue weighted by Gasteiger charge is 2.14. The number of hydrogen-bond donors (Lipinski definition) is 2. The van der Waals surface area contributed by atoms with Crippen molar-refractivity contribution in [1.29, 1.82) is 0 Å². The van der Waals surface area contributed by atoms with Gasteiger partial charge in [-0.05, 0) is 48.6 Å². The Kier molecular flexibility index (Phi) is 4.08. The zero-order valence-electron chi connectivity index (χ0n) is 13.4. The summed E-state index contributed by atoms with van der Waals surface area (Å²) >= 11 is 0. The molecule has 3 aromatic rings. The fraction of sp³-hybridized carbons (Fsp3) is 0.158. The van der Waals surface area contributed by atoms with Gasteiger partial charge in [0.2, 0.25) is 0 Å². The molecule has 0 aliphatic rings. The van der Waals surface area contributed by atoms with Crippen LogP contribution in [-0.4, -0.2) is 22.2 Å². The molecule has 1 atom stereocenters. The van der Waals surface area contributed by atoms with Crippen LogP contribution in [0.3, 0.4) is 0 Å². The number of carboxylic acid groups (broad SMARTS) is 1. The van der Waals surface area contributed by atoms with Crippen LogP contribution in [0, 0.1) is 6.92 Å². The minimum absolute atomic E-state index is 0.240. The average Bonchev–Trinajstić information content (AvgIpc) is 2.56. The number of ether oxygens (including phenoxy) is 1. The number of carbonyl (C=O) groups is 1. The van der Waals surface area contributed by atoms with Crippen molar-refractivity contribution in [2.24, 2.45) is 0 Å². The summed E-state index contributed by atoms with van der Waals surface area (Å²) in [6.45, 7) is 3.46. The Hall–Kier alpha value is -3.08. The van der Waals surface area contributed by atoms with E-state index < -0.39 is 12.1 Å². The molecule has 0 radical (unpaired) electrons. The lowest BCUT2D eigenvalue weighted by atomic mass is 9.97. The van der Waals surface area contributed by atoms with E-state index in [0.29, 0.717) is 11.1 Å². The van der Waals surface area contributed by atoms with Gasteiger partial charge in [-0.3, -0.25) is 4.79 Å². The molecule has 0 amide bonds. The van der Waals surface area contributed by atoms with Gasteiger partial charge in [0.15, 0.2) is 6.10 Å². The molecule has 122 valence electrons. The van der Waals surface area contributed by atoms with Crippen molar-refractivity contribution in [3.63, 3.8) is 0 Å². The maximum Gasteiger partial charge on any atom is 0.344 e. The molecule has 0 bridgehead atoms. The van der Waals surface area contributed by atoms with Gasteiger partial charge in [0, 0.05) is 11.8 Å². The number of aliphatic carboxylic acids is 1. The van der Waals surface area contributed by atoms with Crippen LogP contribution in [0.5, 0.6) is 5.75 Å². The second kappa shape index (κ2) is 6.20. The molecule has 3 rings (SSSR count). The van der Waals surface area contributed by atoms with Gasteiger partial charge in [0.25, 0.3) is 5.56 Å². The number of pyridine rings is 1. The summed E-state index contributed by atoms with van der Waals surface area (Å²) in [6, 6.07) is 13.0. The van der Waals surface area contributed by atoms with Crippen molar-refractivity contribution in [1.82, 2.24) is 4.98 Å². The molecule has 2 aromatic carbocycles. The standard InChI is InChI=1S/C19H17NO4/c1-11-5-3-4-6-14(11)17-10-20-18(21)16-9-13(7-8-15(16)17)24-12(2)19(22)23/h3-10,12H,1-2H3,(H,20,21)(H,22,23)/t12-/m0/s1. The Morgan fingerprint density at radius 3 is 2.58 bits per heavy atom. The molecular formula is C19H17NO4. The number of hydrogen-bond acceptors (Lipinski definition) is 3. The zero-order valence-corrected chi connectivity index (χ0v) is 13.4. The van der Waals surface area contributed by atoms with Crippen molar-refractivity contribution < 1.29 is 14.6 Å². The molecule has 24 heavy (non-hydrogen) atoms. The van der Waals surface area contributed by atoms with Crippen molar-refractivity contribution >= 4 is 16.7 Å². The first-order valence-corrected chi connectivity index (χ1v) is 7.58. The lowest BCUT2D eigenvalue weighted by molar-refractivity contribution is -0.144. The average molecular weight is 323 g/mol. The van der Waals surface area contributed by atoms with Crippen LogP contribution < -0.4 is 10.3 Å². The molecule has 0 fully saturated rings. The van der Waals surface area contributed by atoms with Crippen molar-refractivity contribution in [2.75, 3.05) is 0 Å². The van der Waals surface area contributed by atoms with E-state index in [2.05, 4.69) is 4.98 Å². The third kappa shape index (κ3) is 2.88. The van der Waals surface area contributed by atoms with Gasteiger partial charge in [-0.2, -0.15) is 0 Å². The molecule has 0 saturated heterocycles. The fourth-order valence-electron chi connectivity index (χ4n) is 2.67. The fourth-order valence-corrected chi connectivity index (χ4v) is 2.67. The van der Waals surface area contributed by atoms with Crippen LogP contribution in [0.2, 0.25) is 0 Å². The van der Waals surface area contributed by atoms with Crippen LogP contribution in [0.25, 0.3) is 21.9 Å². The van der Waals surface area contributed by atoms with Gasteiger partial charge in [0.05, 0.1) is 5.39 Å². The number of aromatic amines is 1. The Morgan fingerprint density at radius 1 is 1.12 bits per heavy atom. The molecule has 0 aliphatic carbocycles. The second-order valence-electron chi connectivity index (χ2n) is 5.65. The molecule has 0 spiro atoms. The predicted octanol–water partition coefficient (Wildman–Crippen LogP) is 3.36. The highest BCUT2D eigenvalue weighted by Crippen LogP contribution is 2.30. The second-order valence-corrected chi connectivity index (χ2v) is 5.65. The summed E-state index contributed by atoms with van der Waals surface area (Å²) in [5.41, 5.74) is 2.81. The monoisotopic (exact) mass is 323 g/mol. The predicted molar refractivity (Wildman–Crippen MR) is 92.5 cm³/mol. The summed E-state index contributed by atoms with van der Waals surface area (Å²) < 4.78 is 5.36. The number of rotatable bonds is 4. The van der Waals surface area contributed by atoms with E-state index in [1.54, 1.807) is 24.4 Å². The highest BCUT2D eigenvalue weighted by atomic mass is 16.5. The van der Waals surface area contributed by atoms with Crippen LogP contribution in [-0.2, 0) is 4.79 Å². The van der Waals surface area contributed by atoms with Gasteiger partial charge in [-0.25, -0.2) is 4.79 Å². The summed E-state index contributed by atoms with van der Waals surface area (Å²) in [5, 5.41) is 10.2. The smallest absolute Gasteiger partial charge is 0.344 e. The number of carboxylic acids is 1. The van der Waals surface area contributed by atoms with Gasteiger partial charge in [-0.1, -0.05) is 24.3 Å². The Labute approximate surface area is 138 Å². The third-order valence-corrected chi connectivity index (χ3v) is 3.97. The minimum atomic E-state index is -1.06. The minimum Gasteiger partial charge on any atom is -0.479 e. The number of aryl methyl sites for hydroxylation is 1. The normalized spacial score (nSPS) is 12.1. The van der Waals surface area contributed by atoms with E-state index in [0.717, 1.165) is 22.1 Å². The van der Waals surface area contributed by atoms with Gasteiger partial charge in [0.1, 0.15) is 5.75 Å². The van der Waals surface area contributed by atoms with Crippen molar-refractivity contribution in [2.45, 2.75) is 20.0 Å². The van der Waals surface area contributed by atoms with Gasteiger partial charge in [-0.15, -0.1) is 0 Å². The Balaban J connectivity index is 2.15. The number of aromatic nitrogens is 1. The summed E-state index contributed by atoms with van der Waals surface area (Å²) in [7, 11) is 0. The summed E-state index contributed by atoms with van der Waals surface area (Å²) in [4.78, 5) is 25.9. The zero-order chi connectivity index (χ0) is 17.3. The third-order valence-electron chi connectivity index (χ3n) is 3.97. The summed E-state index contributed by atoms with van der Waals surface area (Å²) in [5.74, 6) is -0.706. The molecule has 1 aromatic heterocycles. The molecule has 5 nitrogen and oxygen atoms in total. The van der Waals surface area contributed by atoms with Gasteiger partial charge >= 0.3 is 5.97 Å². The maximum absolute atomic E-state index is 12.2. The highest BCUT2D eigenvalue weighted by molar-refractivity contribution is 5.97. The lowest BCUT2D eigenvalue weighted by Gasteiger charge is -2.13. The van der Waals surface area contributed by atoms with Crippen LogP contribution in [0.4, 0.5) is 0 Å². The van der Waals surface area contributed by atoms with E-state index in [1.165, 1.54) is 6.92 Å². The van der Waals surface area contributed by atoms with E-state index in [1.807, 2.05) is 31.2 Å². The lowest BCUT2D eigenvalue weighted by Crippen LogP contribution is -2.22. The number of nitrogens with one attached hydrogen (secondary N) is 1. The van der Waals surface area contributed by atoms with Crippen molar-refractivity contribution in [3.8, 4) is 16.9 Å². The molecule has 0 aliphatic heterocycles. The number of H-pyrrole nitrogens is 1. The van der Waals surface area contributed by atoms with Crippen LogP contribution in [0.15, 0.2) is 53.5 Å². The van der Waals surface area contributed by atoms with Crippen LogP contribution in [0.1, 0.15) is 12.5 Å². The van der Waals surface area contributed by atoms with E-state index in [-0.39, 0.29) is 5.56 Å². The molecular weight excluding hydrogens is 306 g/mol.